The van der Waals surface area contributed by atoms with Crippen molar-refractivity contribution in [3.8, 4) is 0 Å². The summed E-state index contributed by atoms with van der Waals surface area (Å²) in [6.45, 7) is 1.40. The van der Waals surface area contributed by atoms with Gasteiger partial charge in [-0.15, -0.1) is 0 Å². The van der Waals surface area contributed by atoms with Crippen molar-refractivity contribution in [2.45, 2.75) is 13.1 Å². The van der Waals surface area contributed by atoms with Crippen LogP contribution in [0.3, 0.4) is 0 Å². The summed E-state index contributed by atoms with van der Waals surface area (Å²) in [6.07, 6.45) is -3.43. The Morgan fingerprint density at radius 1 is 1.50 bits per heavy atom. The van der Waals surface area contributed by atoms with E-state index < -0.39 is 12.1 Å². The lowest BCUT2D eigenvalue weighted by atomic mass is 10.6. The van der Waals surface area contributed by atoms with Gasteiger partial charge in [-0.3, -0.25) is 0 Å². The van der Waals surface area contributed by atoms with Gasteiger partial charge in [-0.05, 0) is 6.92 Å². The zero-order valence-electron chi connectivity index (χ0n) is 5.07. The van der Waals surface area contributed by atoms with E-state index in [1.54, 1.807) is 0 Å². The van der Waals surface area contributed by atoms with Gasteiger partial charge in [0.1, 0.15) is 5.76 Å². The van der Waals surface area contributed by atoms with Gasteiger partial charge in [0.05, 0.1) is 6.20 Å². The highest BCUT2D eigenvalue weighted by molar-refractivity contribution is 4.93. The van der Waals surface area contributed by atoms with Gasteiger partial charge in [0, 0.05) is 0 Å². The molecule has 1 aromatic heterocycles. The van der Waals surface area contributed by atoms with Crippen LogP contribution in [0.1, 0.15) is 11.7 Å². The van der Waals surface area contributed by atoms with E-state index in [1.807, 2.05) is 0 Å². The van der Waals surface area contributed by atoms with Gasteiger partial charge in [0.15, 0.2) is 0 Å². The van der Waals surface area contributed by atoms with Crippen molar-refractivity contribution in [3.63, 3.8) is 0 Å². The van der Waals surface area contributed by atoms with E-state index in [9.17, 15) is 13.2 Å². The summed E-state index contributed by atoms with van der Waals surface area (Å²) in [5, 5.41) is 0. The molecule has 0 N–H and O–H groups in total. The molecule has 0 fully saturated rings. The number of halogens is 3. The van der Waals surface area contributed by atoms with Crippen LogP contribution in [0, 0.1) is 6.92 Å². The first-order chi connectivity index (χ1) is 4.50. The lowest BCUT2D eigenvalue weighted by Crippen LogP contribution is -2.04. The molecule has 0 bridgehead atoms. The van der Waals surface area contributed by atoms with Gasteiger partial charge in [-0.2, -0.15) is 13.2 Å². The smallest absolute Gasteiger partial charge is 0.438 e. The summed E-state index contributed by atoms with van der Waals surface area (Å²) in [4.78, 5) is 3.00. The Labute approximate surface area is 54.7 Å². The van der Waals surface area contributed by atoms with E-state index in [0.717, 1.165) is 6.20 Å². The lowest BCUT2D eigenvalue weighted by molar-refractivity contribution is -0.157. The lowest BCUT2D eigenvalue weighted by Gasteiger charge is -1.97. The molecule has 0 aliphatic rings. The first-order valence-electron chi connectivity index (χ1n) is 2.50. The predicted octanol–water partition coefficient (Wildman–Crippen LogP) is 2.00. The van der Waals surface area contributed by atoms with Crippen LogP contribution < -0.4 is 0 Å². The van der Waals surface area contributed by atoms with E-state index in [1.165, 1.54) is 6.92 Å². The minimum atomic E-state index is -4.46. The van der Waals surface area contributed by atoms with Crippen molar-refractivity contribution in [1.29, 1.82) is 0 Å². The SMILES string of the molecule is Cc1cnc(C(F)(F)F)o1. The zero-order valence-corrected chi connectivity index (χ0v) is 5.07. The molecule has 0 radical (unpaired) electrons. The van der Waals surface area contributed by atoms with Crippen molar-refractivity contribution in [2.75, 3.05) is 0 Å². The van der Waals surface area contributed by atoms with Crippen molar-refractivity contribution in [2.24, 2.45) is 0 Å². The third-order valence-corrected chi connectivity index (χ3v) is 0.864. The molecular formula is C5H4F3NO. The van der Waals surface area contributed by atoms with Crippen LogP contribution in [0.15, 0.2) is 10.6 Å². The van der Waals surface area contributed by atoms with Crippen LogP contribution in [-0.4, -0.2) is 4.98 Å². The Balaban J connectivity index is 2.96. The summed E-state index contributed by atoms with van der Waals surface area (Å²) in [6, 6.07) is 0. The van der Waals surface area contributed by atoms with Crippen LogP contribution in [0.4, 0.5) is 13.2 Å². The van der Waals surface area contributed by atoms with Crippen LogP contribution in [0.5, 0.6) is 0 Å². The van der Waals surface area contributed by atoms with E-state index in [-0.39, 0.29) is 5.76 Å². The van der Waals surface area contributed by atoms with E-state index >= 15 is 0 Å². The number of aromatic nitrogens is 1. The summed E-state index contributed by atoms with van der Waals surface area (Å²) in [5.74, 6) is -1.03. The van der Waals surface area contributed by atoms with Gasteiger partial charge in [-0.25, -0.2) is 4.98 Å². The standard InChI is InChI=1S/C5H4F3NO/c1-3-2-9-4(10-3)5(6,7)8/h2H,1H3. The fourth-order valence-corrected chi connectivity index (χ4v) is 0.486. The first kappa shape index (κ1) is 7.11. The number of alkyl halides is 3. The fourth-order valence-electron chi connectivity index (χ4n) is 0.486. The van der Waals surface area contributed by atoms with Crippen LogP contribution in [0.25, 0.3) is 0 Å². The van der Waals surface area contributed by atoms with Crippen molar-refractivity contribution in [3.05, 3.63) is 17.8 Å². The van der Waals surface area contributed by atoms with Gasteiger partial charge in [0.2, 0.25) is 0 Å². The minimum absolute atomic E-state index is 0.160. The highest BCUT2D eigenvalue weighted by Crippen LogP contribution is 2.27. The third-order valence-electron chi connectivity index (χ3n) is 0.864. The largest absolute Gasteiger partial charge is 0.468 e. The Bertz CT molecular complexity index is 227. The molecule has 56 valence electrons. The number of aryl methyl sites for hydroxylation is 1. The maximum atomic E-state index is 11.6. The van der Waals surface area contributed by atoms with E-state index in [2.05, 4.69) is 9.40 Å². The van der Waals surface area contributed by atoms with Gasteiger partial charge in [-0.1, -0.05) is 0 Å². The molecule has 0 unspecified atom stereocenters. The molecule has 10 heavy (non-hydrogen) atoms. The molecule has 1 heterocycles. The highest BCUT2D eigenvalue weighted by Gasteiger charge is 2.36. The molecule has 1 rings (SSSR count). The summed E-state index contributed by atoms with van der Waals surface area (Å²) in [5.41, 5.74) is 0. The second-order valence-corrected chi connectivity index (χ2v) is 1.77. The van der Waals surface area contributed by atoms with Gasteiger partial charge < -0.3 is 4.42 Å². The fraction of sp³-hybridized carbons (Fsp3) is 0.400. The molecule has 1 aromatic rings. The minimum Gasteiger partial charge on any atom is -0.438 e. The monoisotopic (exact) mass is 151 g/mol. The summed E-state index contributed by atoms with van der Waals surface area (Å²) in [7, 11) is 0. The van der Waals surface area contributed by atoms with Crippen LogP contribution in [0.2, 0.25) is 0 Å². The molecule has 2 nitrogen and oxygen atoms in total. The molecule has 0 aliphatic heterocycles. The summed E-state index contributed by atoms with van der Waals surface area (Å²) < 4.78 is 39.1. The van der Waals surface area contributed by atoms with Crippen LogP contribution >= 0.6 is 0 Å². The van der Waals surface area contributed by atoms with E-state index in [0.29, 0.717) is 0 Å². The average Bonchev–Trinajstić information content (AvgIpc) is 2.11. The van der Waals surface area contributed by atoms with Gasteiger partial charge in [0.25, 0.3) is 0 Å². The third kappa shape index (κ3) is 1.29. The highest BCUT2D eigenvalue weighted by atomic mass is 19.4. The molecule has 0 aliphatic carbocycles. The number of nitrogens with zero attached hydrogens (tertiary/aromatic N) is 1. The molecule has 0 saturated carbocycles. The maximum absolute atomic E-state index is 11.6. The number of hydrogen-bond acceptors (Lipinski definition) is 2. The Kier molecular flexibility index (Phi) is 1.42. The Morgan fingerprint density at radius 3 is 2.30 bits per heavy atom. The molecule has 0 amide bonds. The predicted molar refractivity (Wildman–Crippen MR) is 26.2 cm³/mol. The zero-order chi connectivity index (χ0) is 7.78. The van der Waals surface area contributed by atoms with Crippen molar-refractivity contribution in [1.82, 2.24) is 4.98 Å². The van der Waals surface area contributed by atoms with Crippen molar-refractivity contribution >= 4 is 0 Å². The van der Waals surface area contributed by atoms with E-state index in [4.69, 9.17) is 0 Å². The molecule has 0 saturated heterocycles. The molecule has 0 spiro atoms. The second-order valence-electron chi connectivity index (χ2n) is 1.77. The molecule has 5 heteroatoms. The first-order valence-corrected chi connectivity index (χ1v) is 2.50. The molecular weight excluding hydrogens is 147 g/mol. The normalized spacial score (nSPS) is 12.0. The molecule has 0 aromatic carbocycles. The Hall–Kier alpha value is -1.00. The number of rotatable bonds is 0. The van der Waals surface area contributed by atoms with Gasteiger partial charge >= 0.3 is 12.1 Å². The maximum Gasteiger partial charge on any atom is 0.468 e. The number of hydrogen-bond donors (Lipinski definition) is 0. The second kappa shape index (κ2) is 2.00. The average molecular weight is 151 g/mol. The quantitative estimate of drug-likeness (QED) is 0.566. The van der Waals surface area contributed by atoms with Crippen molar-refractivity contribution < 1.29 is 17.6 Å². The topological polar surface area (TPSA) is 26.0 Å². The molecule has 0 atom stereocenters. The number of oxazole rings is 1. The Morgan fingerprint density at radius 2 is 2.10 bits per heavy atom. The summed E-state index contributed by atoms with van der Waals surface area (Å²) >= 11 is 0. The van der Waals surface area contributed by atoms with Crippen LogP contribution in [-0.2, 0) is 6.18 Å².